The number of carbonyl (C=O) groups excluding carboxylic acids is 1. The van der Waals surface area contributed by atoms with Gasteiger partial charge in [0.2, 0.25) is 0 Å². The number of carbonyl (C=O) groups is 1. The van der Waals surface area contributed by atoms with Gasteiger partial charge in [-0.05, 0) is 20.8 Å². The first-order valence-electron chi connectivity index (χ1n) is 7.09. The Morgan fingerprint density at radius 2 is 2.05 bits per heavy atom. The normalized spacial score (nSPS) is 23.4. The van der Waals surface area contributed by atoms with E-state index in [0.717, 1.165) is 0 Å². The number of rotatable bonds is 3. The number of piperazine rings is 1. The van der Waals surface area contributed by atoms with Crippen molar-refractivity contribution in [3.8, 4) is 0 Å². The van der Waals surface area contributed by atoms with Crippen molar-refractivity contribution >= 4 is 17.5 Å². The summed E-state index contributed by atoms with van der Waals surface area (Å²) in [6.07, 6.45) is 1.46. The summed E-state index contributed by atoms with van der Waals surface area (Å²) in [5.74, 6) is 0.371. The molecule has 0 bridgehead atoms. The fraction of sp³-hybridized carbons (Fsp3) is 0.643. The third-order valence-electron chi connectivity index (χ3n) is 3.81. The van der Waals surface area contributed by atoms with Crippen molar-refractivity contribution in [3.63, 3.8) is 0 Å². The fourth-order valence-corrected chi connectivity index (χ4v) is 3.01. The Balaban J connectivity index is 2.16. The minimum absolute atomic E-state index is 0.125. The molecule has 1 saturated heterocycles. The third-order valence-corrected chi connectivity index (χ3v) is 4.09. The third kappa shape index (κ3) is 3.51. The molecule has 0 saturated carbocycles. The largest absolute Gasteiger partial charge is 0.395 e. The lowest BCUT2D eigenvalue weighted by atomic mass is 10.1. The smallest absolute Gasteiger partial charge is 0.274 e. The molecule has 1 aromatic rings. The molecule has 1 N–H and O–H groups in total. The lowest BCUT2D eigenvalue weighted by Crippen LogP contribution is -2.58. The van der Waals surface area contributed by atoms with Crippen LogP contribution in [0.1, 0.15) is 30.2 Å². The van der Waals surface area contributed by atoms with Crippen molar-refractivity contribution in [1.29, 1.82) is 0 Å². The summed E-state index contributed by atoms with van der Waals surface area (Å²) in [6.45, 7) is 7.79. The highest BCUT2D eigenvalue weighted by molar-refractivity contribution is 6.33. The lowest BCUT2D eigenvalue weighted by molar-refractivity contribution is 0.0233. The van der Waals surface area contributed by atoms with Crippen LogP contribution >= 0.6 is 11.6 Å². The summed E-state index contributed by atoms with van der Waals surface area (Å²) in [7, 11) is 0. The Labute approximate surface area is 129 Å². The molecule has 21 heavy (non-hydrogen) atoms. The summed E-state index contributed by atoms with van der Waals surface area (Å²) in [6, 6.07) is 0.373. The second-order valence-electron chi connectivity index (χ2n) is 5.48. The number of aliphatic hydroxyl groups is 1. The number of halogens is 1. The average molecular weight is 313 g/mol. The zero-order chi connectivity index (χ0) is 15.6. The van der Waals surface area contributed by atoms with Gasteiger partial charge in [-0.15, -0.1) is 0 Å². The highest BCUT2D eigenvalue weighted by Gasteiger charge is 2.32. The Morgan fingerprint density at radius 1 is 1.43 bits per heavy atom. The molecule has 1 aromatic heterocycles. The van der Waals surface area contributed by atoms with Gasteiger partial charge in [-0.25, -0.2) is 9.97 Å². The van der Waals surface area contributed by atoms with Crippen LogP contribution in [0.25, 0.3) is 0 Å². The van der Waals surface area contributed by atoms with Crippen LogP contribution < -0.4 is 0 Å². The molecule has 2 heterocycles. The minimum atomic E-state index is -0.159. The molecule has 6 nitrogen and oxygen atoms in total. The van der Waals surface area contributed by atoms with Crippen molar-refractivity contribution in [2.24, 2.45) is 0 Å². The molecular formula is C14H21ClN4O2. The van der Waals surface area contributed by atoms with E-state index in [1.807, 2.05) is 0 Å². The first-order chi connectivity index (χ1) is 9.93. The van der Waals surface area contributed by atoms with Crippen LogP contribution in [0.5, 0.6) is 0 Å². The van der Waals surface area contributed by atoms with Crippen LogP contribution in [-0.2, 0) is 0 Å². The summed E-state index contributed by atoms with van der Waals surface area (Å²) in [5, 5.41) is 9.40. The summed E-state index contributed by atoms with van der Waals surface area (Å²) in [4.78, 5) is 24.7. The van der Waals surface area contributed by atoms with E-state index in [9.17, 15) is 4.79 Å². The van der Waals surface area contributed by atoms with E-state index in [0.29, 0.717) is 25.5 Å². The second-order valence-corrected chi connectivity index (χ2v) is 5.89. The van der Waals surface area contributed by atoms with Crippen molar-refractivity contribution in [1.82, 2.24) is 19.8 Å². The highest BCUT2D eigenvalue weighted by atomic mass is 35.5. The number of aliphatic hydroxyl groups excluding tert-OH is 1. The molecule has 0 unspecified atom stereocenters. The van der Waals surface area contributed by atoms with Crippen LogP contribution in [0.4, 0.5) is 0 Å². The number of β-amino-alcohol motifs (C(OH)–C–C–N with tert-alkyl or cyclic N) is 1. The van der Waals surface area contributed by atoms with Crippen LogP contribution in [0.2, 0.25) is 5.02 Å². The molecule has 1 aliphatic heterocycles. The van der Waals surface area contributed by atoms with E-state index in [4.69, 9.17) is 16.7 Å². The van der Waals surface area contributed by atoms with Gasteiger partial charge in [0, 0.05) is 31.7 Å². The number of aromatic nitrogens is 2. The number of nitrogens with zero attached hydrogens (tertiary/aromatic N) is 4. The molecule has 1 fully saturated rings. The topological polar surface area (TPSA) is 69.6 Å². The van der Waals surface area contributed by atoms with Gasteiger partial charge in [-0.2, -0.15) is 0 Å². The monoisotopic (exact) mass is 312 g/mol. The first-order valence-corrected chi connectivity index (χ1v) is 7.46. The Bertz CT molecular complexity index is 514. The molecule has 0 radical (unpaired) electrons. The van der Waals surface area contributed by atoms with Crippen molar-refractivity contribution in [2.75, 3.05) is 26.2 Å². The molecule has 1 aliphatic rings. The van der Waals surface area contributed by atoms with E-state index < -0.39 is 0 Å². The quantitative estimate of drug-likeness (QED) is 0.900. The Kier molecular flexibility index (Phi) is 5.13. The lowest BCUT2D eigenvalue weighted by Gasteiger charge is -2.44. The summed E-state index contributed by atoms with van der Waals surface area (Å²) in [5.41, 5.74) is 0.263. The standard InChI is InChI=1S/C14H21ClN4O2/c1-9-7-18(8-10(2)19(9)4-5-20)14(21)13-12(15)6-16-11(3)17-13/h6,9-10,20H,4-5,7-8H2,1-3H3/t9-,10+. The van der Waals surface area contributed by atoms with E-state index in [-0.39, 0.29) is 35.3 Å². The molecule has 1 amide bonds. The maximum Gasteiger partial charge on any atom is 0.274 e. The van der Waals surface area contributed by atoms with Gasteiger partial charge in [-0.3, -0.25) is 9.69 Å². The molecule has 0 spiro atoms. The first kappa shape index (κ1) is 16.1. The Morgan fingerprint density at radius 3 is 2.62 bits per heavy atom. The predicted molar refractivity (Wildman–Crippen MR) is 80.4 cm³/mol. The van der Waals surface area contributed by atoms with Crippen LogP contribution in [0.15, 0.2) is 6.20 Å². The maximum absolute atomic E-state index is 12.6. The molecular weight excluding hydrogens is 292 g/mol. The highest BCUT2D eigenvalue weighted by Crippen LogP contribution is 2.20. The van der Waals surface area contributed by atoms with Crippen molar-refractivity contribution in [2.45, 2.75) is 32.9 Å². The van der Waals surface area contributed by atoms with Gasteiger partial charge in [-0.1, -0.05) is 11.6 Å². The van der Waals surface area contributed by atoms with Crippen LogP contribution in [0, 0.1) is 6.92 Å². The van der Waals surface area contributed by atoms with E-state index in [1.54, 1.807) is 11.8 Å². The van der Waals surface area contributed by atoms with Crippen molar-refractivity contribution in [3.05, 3.63) is 22.7 Å². The van der Waals surface area contributed by atoms with Crippen LogP contribution in [0.3, 0.4) is 0 Å². The van der Waals surface area contributed by atoms with Gasteiger partial charge in [0.25, 0.3) is 5.91 Å². The molecule has 0 aliphatic carbocycles. The molecule has 2 rings (SSSR count). The number of amides is 1. The van der Waals surface area contributed by atoms with Gasteiger partial charge in [0.15, 0.2) is 5.69 Å². The zero-order valence-electron chi connectivity index (χ0n) is 12.6. The molecule has 0 aromatic carbocycles. The number of hydrogen-bond acceptors (Lipinski definition) is 5. The van der Waals surface area contributed by atoms with Gasteiger partial charge >= 0.3 is 0 Å². The SMILES string of the molecule is Cc1ncc(Cl)c(C(=O)N2C[C@@H](C)N(CCO)[C@@H](C)C2)n1. The predicted octanol–water partition coefficient (Wildman–Crippen LogP) is 0.966. The van der Waals surface area contributed by atoms with Gasteiger partial charge in [0.05, 0.1) is 17.8 Å². The Hall–Kier alpha value is -1.24. The molecule has 2 atom stereocenters. The number of hydrogen-bond donors (Lipinski definition) is 1. The summed E-state index contributed by atoms with van der Waals surface area (Å²) < 4.78 is 0. The van der Waals surface area contributed by atoms with Gasteiger partial charge in [0.1, 0.15) is 5.82 Å². The summed E-state index contributed by atoms with van der Waals surface area (Å²) >= 11 is 6.05. The maximum atomic E-state index is 12.6. The molecule has 7 heteroatoms. The van der Waals surface area contributed by atoms with E-state index >= 15 is 0 Å². The van der Waals surface area contributed by atoms with Crippen molar-refractivity contribution < 1.29 is 9.90 Å². The minimum Gasteiger partial charge on any atom is -0.395 e. The average Bonchev–Trinajstić information content (AvgIpc) is 2.44. The molecule has 116 valence electrons. The zero-order valence-corrected chi connectivity index (χ0v) is 13.3. The second kappa shape index (κ2) is 6.68. The van der Waals surface area contributed by atoms with Crippen LogP contribution in [-0.4, -0.2) is 69.1 Å². The van der Waals surface area contributed by atoms with E-state index in [2.05, 4.69) is 28.7 Å². The fourth-order valence-electron chi connectivity index (χ4n) is 2.83. The number of aryl methyl sites for hydroxylation is 1. The van der Waals surface area contributed by atoms with Gasteiger partial charge < -0.3 is 10.0 Å². The van der Waals surface area contributed by atoms with E-state index in [1.165, 1.54) is 6.20 Å².